The third-order valence-corrected chi connectivity index (χ3v) is 8.03. The lowest BCUT2D eigenvalue weighted by molar-refractivity contribution is -0.171. The van der Waals surface area contributed by atoms with Crippen molar-refractivity contribution in [3.63, 3.8) is 0 Å². The summed E-state index contributed by atoms with van der Waals surface area (Å²) in [5.74, 6) is 0.236. The second-order valence-electron chi connectivity index (χ2n) is 11.1. The molecule has 232 valence electrons. The standard InChI is InChI=1S/C31H37N7O6/c1-2-32-29(42)26-24(40)25(41)30(43-26)44-38-17-34-23-27(36-31(37-28(23)38)35-20-13-14-21(39)15-20)33-16-22(18-9-5-3-6-10-18)19-11-7-4-8-12-19/h3-12,17,20-22,24-26,30,39-41H,2,13-16H2,1H3,(H,32,42)(H2,33,35,36,37)/t20?,21?,24-,25+,26-,30-/m0/s1. The van der Waals surface area contributed by atoms with Crippen LogP contribution in [0.3, 0.4) is 0 Å². The molecule has 13 nitrogen and oxygen atoms in total. The third-order valence-electron chi connectivity index (χ3n) is 8.03. The lowest BCUT2D eigenvalue weighted by Crippen LogP contribution is -2.42. The van der Waals surface area contributed by atoms with Crippen LogP contribution in [0.2, 0.25) is 0 Å². The van der Waals surface area contributed by atoms with Gasteiger partial charge < -0.3 is 40.8 Å². The van der Waals surface area contributed by atoms with Gasteiger partial charge in [0, 0.05) is 25.0 Å². The largest absolute Gasteiger partial charge is 0.393 e. The predicted octanol–water partition coefficient (Wildman–Crippen LogP) is 1.41. The first-order valence-electron chi connectivity index (χ1n) is 14.9. The van der Waals surface area contributed by atoms with E-state index in [0.29, 0.717) is 43.2 Å². The number of carbonyl (C=O) groups excluding carboxylic acids is 1. The number of aliphatic hydroxyl groups excluding tert-OH is 3. The predicted molar refractivity (Wildman–Crippen MR) is 162 cm³/mol. The van der Waals surface area contributed by atoms with Gasteiger partial charge in [-0.1, -0.05) is 60.7 Å². The van der Waals surface area contributed by atoms with Crippen LogP contribution in [0.4, 0.5) is 11.8 Å². The van der Waals surface area contributed by atoms with Gasteiger partial charge in [0.25, 0.3) is 12.2 Å². The summed E-state index contributed by atoms with van der Waals surface area (Å²) in [6.45, 7) is 2.59. The first-order chi connectivity index (χ1) is 21.4. The molecular formula is C31H37N7O6. The monoisotopic (exact) mass is 603 g/mol. The first-order valence-corrected chi connectivity index (χ1v) is 14.9. The Bertz CT molecular complexity index is 1520. The number of fused-ring (bicyclic) bond motifs is 1. The van der Waals surface area contributed by atoms with Crippen LogP contribution in [0.1, 0.15) is 43.2 Å². The van der Waals surface area contributed by atoms with Gasteiger partial charge in [-0.3, -0.25) is 4.79 Å². The number of nitrogens with one attached hydrogen (secondary N) is 3. The highest BCUT2D eigenvalue weighted by Gasteiger charge is 2.48. The number of hydrogen-bond acceptors (Lipinski definition) is 11. The summed E-state index contributed by atoms with van der Waals surface area (Å²) in [7, 11) is 0. The van der Waals surface area contributed by atoms with Crippen molar-refractivity contribution in [3.8, 4) is 0 Å². The van der Waals surface area contributed by atoms with Gasteiger partial charge in [-0.25, -0.2) is 4.98 Å². The van der Waals surface area contributed by atoms with Crippen LogP contribution in [-0.4, -0.2) is 90.7 Å². The number of anilines is 2. The average molecular weight is 604 g/mol. The SMILES string of the molecule is CCNC(=O)[C@H]1O[C@@H](On2cnc3c(NCC(c4ccccc4)c4ccccc4)nc(NC4CCC(O)C4)nc32)[C@H](O)[C@@H]1O. The highest BCUT2D eigenvalue weighted by molar-refractivity contribution is 5.84. The first kappa shape index (κ1) is 29.8. The lowest BCUT2D eigenvalue weighted by atomic mass is 9.91. The van der Waals surface area contributed by atoms with Crippen LogP contribution in [0.15, 0.2) is 67.0 Å². The molecule has 0 bridgehead atoms. The Labute approximate surface area is 254 Å². The van der Waals surface area contributed by atoms with Gasteiger partial charge in [0.15, 0.2) is 17.4 Å². The molecule has 1 aliphatic heterocycles. The van der Waals surface area contributed by atoms with Gasteiger partial charge in [0.1, 0.15) is 18.5 Å². The molecule has 44 heavy (non-hydrogen) atoms. The van der Waals surface area contributed by atoms with Crippen molar-refractivity contribution in [1.29, 1.82) is 0 Å². The number of ether oxygens (including phenoxy) is 1. The summed E-state index contributed by atoms with van der Waals surface area (Å²) in [5.41, 5.74) is 2.97. The van der Waals surface area contributed by atoms with Crippen LogP contribution in [-0.2, 0) is 9.53 Å². The van der Waals surface area contributed by atoms with E-state index in [2.05, 4.69) is 50.2 Å². The number of carbonyl (C=O) groups is 1. The van der Waals surface area contributed by atoms with Gasteiger partial charge in [0.05, 0.1) is 6.10 Å². The fourth-order valence-electron chi connectivity index (χ4n) is 5.75. The third kappa shape index (κ3) is 6.31. The summed E-state index contributed by atoms with van der Waals surface area (Å²) in [4.78, 5) is 32.1. The van der Waals surface area contributed by atoms with Gasteiger partial charge in [-0.2, -0.15) is 9.97 Å². The maximum atomic E-state index is 12.3. The van der Waals surface area contributed by atoms with E-state index in [9.17, 15) is 20.1 Å². The molecule has 6 N–H and O–H groups in total. The molecule has 2 aromatic carbocycles. The zero-order valence-corrected chi connectivity index (χ0v) is 24.3. The van der Waals surface area contributed by atoms with E-state index in [1.54, 1.807) is 6.92 Å². The normalized spacial score (nSPS) is 24.9. The number of amides is 1. The molecule has 6 atom stereocenters. The van der Waals surface area contributed by atoms with Crippen LogP contribution in [0, 0.1) is 0 Å². The van der Waals surface area contributed by atoms with Crippen molar-refractivity contribution < 1.29 is 29.7 Å². The number of rotatable bonds is 11. The van der Waals surface area contributed by atoms with Gasteiger partial charge in [0.2, 0.25) is 11.6 Å². The number of likely N-dealkylation sites (N-methyl/N-ethyl adjacent to an activating group) is 1. The molecule has 3 heterocycles. The second-order valence-corrected chi connectivity index (χ2v) is 11.1. The molecule has 1 saturated carbocycles. The number of aliphatic hydroxyl groups is 3. The molecule has 2 unspecified atom stereocenters. The van der Waals surface area contributed by atoms with Crippen molar-refractivity contribution in [1.82, 2.24) is 25.0 Å². The summed E-state index contributed by atoms with van der Waals surface area (Å²) in [6.07, 6.45) is -2.60. The Morgan fingerprint density at radius 1 is 1.02 bits per heavy atom. The summed E-state index contributed by atoms with van der Waals surface area (Å²) in [5, 5.41) is 40.5. The maximum Gasteiger partial charge on any atom is 0.254 e. The second kappa shape index (κ2) is 13.1. The molecule has 2 aromatic heterocycles. The smallest absolute Gasteiger partial charge is 0.254 e. The summed E-state index contributed by atoms with van der Waals surface area (Å²) in [6, 6.07) is 20.4. The van der Waals surface area contributed by atoms with Crippen LogP contribution in [0.25, 0.3) is 11.2 Å². The Morgan fingerprint density at radius 3 is 2.36 bits per heavy atom. The Kier molecular flexibility index (Phi) is 8.89. The molecule has 2 fully saturated rings. The van der Waals surface area contributed by atoms with Crippen molar-refractivity contribution in [2.45, 2.75) is 68.9 Å². The van der Waals surface area contributed by atoms with E-state index in [0.717, 1.165) is 17.5 Å². The highest BCUT2D eigenvalue weighted by atomic mass is 16.8. The van der Waals surface area contributed by atoms with Crippen molar-refractivity contribution in [2.24, 2.45) is 0 Å². The lowest BCUT2D eigenvalue weighted by Gasteiger charge is -2.20. The maximum absolute atomic E-state index is 12.3. The molecule has 1 amide bonds. The van der Waals surface area contributed by atoms with Crippen LogP contribution in [0.5, 0.6) is 0 Å². The Balaban J connectivity index is 1.30. The molecule has 13 heteroatoms. The Morgan fingerprint density at radius 2 is 1.73 bits per heavy atom. The average Bonchev–Trinajstić information content (AvgIpc) is 3.72. The van der Waals surface area contributed by atoms with Gasteiger partial charge in [-0.05, 0) is 37.3 Å². The summed E-state index contributed by atoms with van der Waals surface area (Å²) >= 11 is 0. The molecule has 6 rings (SSSR count). The highest BCUT2D eigenvalue weighted by Crippen LogP contribution is 2.29. The van der Waals surface area contributed by atoms with E-state index < -0.39 is 30.5 Å². The minimum absolute atomic E-state index is 0.0110. The molecule has 1 aliphatic carbocycles. The van der Waals surface area contributed by atoms with Crippen molar-refractivity contribution >= 4 is 28.8 Å². The summed E-state index contributed by atoms with van der Waals surface area (Å²) < 4.78 is 6.83. The van der Waals surface area contributed by atoms with Crippen molar-refractivity contribution in [3.05, 3.63) is 78.1 Å². The number of aromatic nitrogens is 4. The molecule has 4 aromatic rings. The van der Waals surface area contributed by atoms with Gasteiger partial charge in [-0.15, -0.1) is 4.73 Å². The molecule has 0 radical (unpaired) electrons. The fraction of sp³-hybridized carbons (Fsp3) is 0.419. The van der Waals surface area contributed by atoms with Crippen LogP contribution < -0.4 is 20.8 Å². The number of benzene rings is 2. The van der Waals surface area contributed by atoms with E-state index in [1.807, 2.05) is 36.4 Å². The zero-order chi connectivity index (χ0) is 30.6. The van der Waals surface area contributed by atoms with Gasteiger partial charge >= 0.3 is 0 Å². The number of imidazole rings is 1. The van der Waals surface area contributed by atoms with E-state index in [4.69, 9.17) is 14.6 Å². The van der Waals surface area contributed by atoms with E-state index in [-0.39, 0.29) is 23.7 Å². The van der Waals surface area contributed by atoms with Crippen molar-refractivity contribution in [2.75, 3.05) is 23.7 Å². The molecule has 0 spiro atoms. The molecular weight excluding hydrogens is 566 g/mol. The molecule has 2 aliphatic rings. The fourth-order valence-corrected chi connectivity index (χ4v) is 5.75. The molecule has 1 saturated heterocycles. The van der Waals surface area contributed by atoms with E-state index >= 15 is 0 Å². The Hall–Kier alpha value is -4.30. The minimum atomic E-state index is -1.49. The number of hydrogen-bond donors (Lipinski definition) is 6. The van der Waals surface area contributed by atoms with E-state index in [1.165, 1.54) is 11.1 Å². The minimum Gasteiger partial charge on any atom is -0.393 e. The quantitative estimate of drug-likeness (QED) is 0.146. The topological polar surface area (TPSA) is 176 Å². The number of nitrogens with zero attached hydrogens (tertiary/aromatic N) is 4. The zero-order valence-electron chi connectivity index (χ0n) is 24.3. The van der Waals surface area contributed by atoms with Crippen LogP contribution >= 0.6 is 0 Å².